The highest BCUT2D eigenvalue weighted by Crippen LogP contribution is 2.21. The Balaban J connectivity index is 4.82. The Morgan fingerprint density at radius 2 is 2.00 bits per heavy atom. The number of allylic oxidation sites excluding steroid dienone is 1. The lowest BCUT2D eigenvalue weighted by atomic mass is 9.89. The van der Waals surface area contributed by atoms with Gasteiger partial charge in [-0.25, -0.2) is 0 Å². The first-order valence-corrected chi connectivity index (χ1v) is 5.60. The Morgan fingerprint density at radius 1 is 1.35 bits per heavy atom. The fourth-order valence-electron chi connectivity index (χ4n) is 1.54. The maximum absolute atomic E-state index is 11.8. The molecule has 0 rings (SSSR count). The van der Waals surface area contributed by atoms with Crippen molar-refractivity contribution in [2.75, 3.05) is 13.7 Å². The molecule has 0 radical (unpaired) electrons. The largest absolute Gasteiger partial charge is 0.469 e. The fourth-order valence-corrected chi connectivity index (χ4v) is 1.54. The van der Waals surface area contributed by atoms with Gasteiger partial charge >= 0.3 is 11.9 Å². The Kier molecular flexibility index (Phi) is 7.76. The Hall–Kier alpha value is -1.58. The molecule has 0 unspecified atom stereocenters. The highest BCUT2D eigenvalue weighted by atomic mass is 16.5. The van der Waals surface area contributed by atoms with Crippen molar-refractivity contribution in [2.24, 2.45) is 11.8 Å². The van der Waals surface area contributed by atoms with E-state index in [1.807, 2.05) is 6.92 Å². The maximum Gasteiger partial charge on any atom is 0.313 e. The van der Waals surface area contributed by atoms with Crippen LogP contribution in [0.15, 0.2) is 24.8 Å². The molecule has 0 aromatic heterocycles. The van der Waals surface area contributed by atoms with Gasteiger partial charge in [-0.3, -0.25) is 9.59 Å². The van der Waals surface area contributed by atoms with Crippen LogP contribution in [0.5, 0.6) is 0 Å². The number of methoxy groups -OCH3 is 1. The standard InChI is InChI=1S/C13H20O4/c1-5-8-11(12(14)16-4)10(7-3)13(15)17-9-6-2/h5-6,8,10-11H,2,7,9H2,1,3-4H3/b8-5+/t10-,11+/m1/s1. The van der Waals surface area contributed by atoms with Crippen LogP contribution >= 0.6 is 0 Å². The van der Waals surface area contributed by atoms with E-state index in [1.54, 1.807) is 19.1 Å². The van der Waals surface area contributed by atoms with Gasteiger partial charge in [-0.1, -0.05) is 31.7 Å². The molecule has 0 aromatic rings. The monoisotopic (exact) mass is 240 g/mol. The average molecular weight is 240 g/mol. The molecule has 0 bridgehead atoms. The lowest BCUT2D eigenvalue weighted by Gasteiger charge is -2.19. The number of ether oxygens (including phenoxy) is 2. The van der Waals surface area contributed by atoms with E-state index in [9.17, 15) is 9.59 Å². The molecular weight excluding hydrogens is 220 g/mol. The molecule has 0 aliphatic heterocycles. The van der Waals surface area contributed by atoms with Crippen LogP contribution in [0.3, 0.4) is 0 Å². The molecule has 0 amide bonds. The smallest absolute Gasteiger partial charge is 0.313 e. The third kappa shape index (κ3) is 4.85. The molecule has 0 fully saturated rings. The molecule has 4 heteroatoms. The summed E-state index contributed by atoms with van der Waals surface area (Å²) in [4.78, 5) is 23.3. The normalized spacial score (nSPS) is 14.1. The molecule has 96 valence electrons. The van der Waals surface area contributed by atoms with Crippen molar-refractivity contribution < 1.29 is 19.1 Å². The van der Waals surface area contributed by atoms with Gasteiger partial charge in [0.2, 0.25) is 0 Å². The van der Waals surface area contributed by atoms with Gasteiger partial charge in [0.15, 0.2) is 0 Å². The lowest BCUT2D eigenvalue weighted by molar-refractivity contribution is -0.156. The highest BCUT2D eigenvalue weighted by molar-refractivity contribution is 5.83. The summed E-state index contributed by atoms with van der Waals surface area (Å²) in [5.74, 6) is -1.93. The van der Waals surface area contributed by atoms with E-state index >= 15 is 0 Å². The summed E-state index contributed by atoms with van der Waals surface area (Å²) in [6, 6.07) is 0. The molecule has 0 aliphatic carbocycles. The van der Waals surface area contributed by atoms with Crippen LogP contribution < -0.4 is 0 Å². The zero-order chi connectivity index (χ0) is 13.3. The van der Waals surface area contributed by atoms with Crippen LogP contribution in [0.4, 0.5) is 0 Å². The molecular formula is C13H20O4. The second-order valence-electron chi connectivity index (χ2n) is 3.51. The van der Waals surface area contributed by atoms with Crippen molar-refractivity contribution >= 4 is 11.9 Å². The summed E-state index contributed by atoms with van der Waals surface area (Å²) in [6.45, 7) is 7.24. The number of hydrogen-bond donors (Lipinski definition) is 0. The van der Waals surface area contributed by atoms with E-state index in [0.29, 0.717) is 6.42 Å². The van der Waals surface area contributed by atoms with E-state index in [1.165, 1.54) is 13.2 Å². The van der Waals surface area contributed by atoms with Crippen molar-refractivity contribution in [2.45, 2.75) is 20.3 Å². The second kappa shape index (κ2) is 8.56. The maximum atomic E-state index is 11.8. The molecule has 0 N–H and O–H groups in total. The van der Waals surface area contributed by atoms with Crippen LogP contribution in [0, 0.1) is 11.8 Å². The topological polar surface area (TPSA) is 52.6 Å². The first-order valence-electron chi connectivity index (χ1n) is 5.60. The lowest BCUT2D eigenvalue weighted by Crippen LogP contribution is -2.30. The number of rotatable bonds is 7. The van der Waals surface area contributed by atoms with Crippen molar-refractivity contribution in [3.8, 4) is 0 Å². The van der Waals surface area contributed by atoms with E-state index in [4.69, 9.17) is 4.74 Å². The van der Waals surface area contributed by atoms with E-state index < -0.39 is 23.8 Å². The van der Waals surface area contributed by atoms with Crippen LogP contribution in [-0.4, -0.2) is 25.7 Å². The average Bonchev–Trinajstić information content (AvgIpc) is 2.35. The van der Waals surface area contributed by atoms with Crippen LogP contribution in [-0.2, 0) is 19.1 Å². The van der Waals surface area contributed by atoms with Crippen LogP contribution in [0.1, 0.15) is 20.3 Å². The van der Waals surface area contributed by atoms with Gasteiger partial charge in [0, 0.05) is 0 Å². The van der Waals surface area contributed by atoms with Crippen molar-refractivity contribution in [1.29, 1.82) is 0 Å². The Labute approximate surface area is 102 Å². The zero-order valence-corrected chi connectivity index (χ0v) is 10.6. The third-order valence-electron chi connectivity index (χ3n) is 2.39. The van der Waals surface area contributed by atoms with Gasteiger partial charge < -0.3 is 9.47 Å². The summed E-state index contributed by atoms with van der Waals surface area (Å²) in [5.41, 5.74) is 0. The summed E-state index contributed by atoms with van der Waals surface area (Å²) < 4.78 is 9.65. The summed E-state index contributed by atoms with van der Waals surface area (Å²) in [6.07, 6.45) is 5.40. The van der Waals surface area contributed by atoms with Crippen molar-refractivity contribution in [3.05, 3.63) is 24.8 Å². The number of carbonyl (C=O) groups excluding carboxylic acids is 2. The first-order chi connectivity index (χ1) is 8.12. The van der Waals surface area contributed by atoms with Gasteiger partial charge in [0.25, 0.3) is 0 Å². The fraction of sp³-hybridized carbons (Fsp3) is 0.538. The molecule has 0 aromatic carbocycles. The minimum atomic E-state index is -0.590. The summed E-state index contributed by atoms with van der Waals surface area (Å²) in [5, 5.41) is 0. The van der Waals surface area contributed by atoms with Crippen LogP contribution in [0.2, 0.25) is 0 Å². The van der Waals surface area contributed by atoms with Gasteiger partial charge in [0.1, 0.15) is 6.61 Å². The first kappa shape index (κ1) is 15.4. The predicted molar refractivity (Wildman–Crippen MR) is 65.3 cm³/mol. The van der Waals surface area contributed by atoms with Gasteiger partial charge in [0.05, 0.1) is 18.9 Å². The van der Waals surface area contributed by atoms with Gasteiger partial charge in [-0.2, -0.15) is 0 Å². The Bertz CT molecular complexity index is 294. The molecule has 4 nitrogen and oxygen atoms in total. The number of hydrogen-bond acceptors (Lipinski definition) is 4. The molecule has 0 saturated carbocycles. The van der Waals surface area contributed by atoms with Crippen molar-refractivity contribution in [1.82, 2.24) is 0 Å². The number of carbonyl (C=O) groups is 2. The highest BCUT2D eigenvalue weighted by Gasteiger charge is 2.32. The summed E-state index contributed by atoms with van der Waals surface area (Å²) in [7, 11) is 1.31. The van der Waals surface area contributed by atoms with E-state index in [-0.39, 0.29) is 6.61 Å². The van der Waals surface area contributed by atoms with E-state index in [2.05, 4.69) is 11.3 Å². The molecule has 2 atom stereocenters. The van der Waals surface area contributed by atoms with E-state index in [0.717, 1.165) is 0 Å². The second-order valence-corrected chi connectivity index (χ2v) is 3.51. The summed E-state index contributed by atoms with van der Waals surface area (Å²) >= 11 is 0. The SMILES string of the molecule is C=CCOC(=O)[C@H](CC)[C@H](/C=C/C)C(=O)OC. The number of esters is 2. The Morgan fingerprint density at radius 3 is 2.41 bits per heavy atom. The molecule has 0 aliphatic rings. The van der Waals surface area contributed by atoms with Crippen LogP contribution in [0.25, 0.3) is 0 Å². The quantitative estimate of drug-likeness (QED) is 0.505. The zero-order valence-electron chi connectivity index (χ0n) is 10.6. The van der Waals surface area contributed by atoms with Crippen molar-refractivity contribution in [3.63, 3.8) is 0 Å². The minimum Gasteiger partial charge on any atom is -0.469 e. The molecule has 17 heavy (non-hydrogen) atoms. The van der Waals surface area contributed by atoms with Gasteiger partial charge in [-0.15, -0.1) is 0 Å². The minimum absolute atomic E-state index is 0.152. The molecule has 0 heterocycles. The third-order valence-corrected chi connectivity index (χ3v) is 2.39. The van der Waals surface area contributed by atoms with Gasteiger partial charge in [-0.05, 0) is 13.3 Å². The molecule has 0 spiro atoms. The predicted octanol–water partition coefficient (Wildman–Crippen LogP) is 2.11. The molecule has 0 saturated heterocycles.